The summed E-state index contributed by atoms with van der Waals surface area (Å²) >= 11 is 0. The molecule has 3 heteroatoms. The lowest BCUT2D eigenvalue weighted by Gasteiger charge is -2.30. The molecule has 1 saturated carbocycles. The van der Waals surface area contributed by atoms with Gasteiger partial charge in [0.25, 0.3) is 0 Å². The van der Waals surface area contributed by atoms with Gasteiger partial charge in [0.05, 0.1) is 6.42 Å². The Kier molecular flexibility index (Phi) is 3.67. The average molecular weight is 232 g/mol. The van der Waals surface area contributed by atoms with Crippen LogP contribution >= 0.6 is 0 Å². The van der Waals surface area contributed by atoms with Crippen LogP contribution in [0.15, 0.2) is 24.3 Å². The molecule has 0 unspecified atom stereocenters. The molecule has 1 aromatic carbocycles. The summed E-state index contributed by atoms with van der Waals surface area (Å²) in [4.78, 5) is 13.9. The van der Waals surface area contributed by atoms with Crippen molar-refractivity contribution in [2.45, 2.75) is 25.7 Å². The first kappa shape index (κ1) is 12.0. The van der Waals surface area contributed by atoms with Gasteiger partial charge in [-0.1, -0.05) is 24.6 Å². The van der Waals surface area contributed by atoms with E-state index in [0.29, 0.717) is 12.1 Å². The maximum absolute atomic E-state index is 12.0. The number of anilines is 1. The van der Waals surface area contributed by atoms with E-state index in [1.807, 2.05) is 36.2 Å². The zero-order valence-corrected chi connectivity index (χ0v) is 10.4. The number of rotatable bonds is 4. The highest BCUT2D eigenvalue weighted by atomic mass is 16.2. The summed E-state index contributed by atoms with van der Waals surface area (Å²) in [6.45, 7) is 0.894. The molecule has 2 rings (SSSR count). The Labute approximate surface area is 103 Å². The monoisotopic (exact) mass is 232 g/mol. The van der Waals surface area contributed by atoms with E-state index >= 15 is 0 Å². The molecular weight excluding hydrogens is 212 g/mol. The Hall–Kier alpha value is -1.51. The molecule has 1 fully saturated rings. The lowest BCUT2D eigenvalue weighted by Crippen LogP contribution is -2.35. The Balaban J connectivity index is 1.89. The van der Waals surface area contributed by atoms with Crippen LogP contribution in [0.1, 0.15) is 24.8 Å². The first-order valence-electron chi connectivity index (χ1n) is 6.24. The minimum atomic E-state index is 0.162. The van der Waals surface area contributed by atoms with Crippen molar-refractivity contribution in [2.75, 3.05) is 19.3 Å². The number of hydrogen-bond acceptors (Lipinski definition) is 2. The van der Waals surface area contributed by atoms with Gasteiger partial charge in [0, 0.05) is 19.3 Å². The van der Waals surface area contributed by atoms with Crippen LogP contribution in [-0.2, 0) is 11.2 Å². The van der Waals surface area contributed by atoms with E-state index in [-0.39, 0.29) is 5.91 Å². The number of carbonyl (C=O) groups excluding carboxylic acids is 1. The Morgan fingerprint density at radius 1 is 1.41 bits per heavy atom. The Morgan fingerprint density at radius 2 is 2.12 bits per heavy atom. The van der Waals surface area contributed by atoms with Crippen LogP contribution in [0.5, 0.6) is 0 Å². The van der Waals surface area contributed by atoms with Gasteiger partial charge in [-0.05, 0) is 30.4 Å². The predicted octanol–water partition coefficient (Wildman–Crippen LogP) is 2.07. The summed E-state index contributed by atoms with van der Waals surface area (Å²) in [6.07, 6.45) is 4.27. The molecule has 0 aromatic heterocycles. The minimum absolute atomic E-state index is 0.162. The molecule has 1 amide bonds. The highest BCUT2D eigenvalue weighted by Gasteiger charge is 2.21. The van der Waals surface area contributed by atoms with Crippen molar-refractivity contribution in [2.24, 2.45) is 5.92 Å². The third-order valence-electron chi connectivity index (χ3n) is 3.58. The van der Waals surface area contributed by atoms with Gasteiger partial charge in [-0.25, -0.2) is 0 Å². The smallest absolute Gasteiger partial charge is 0.226 e. The largest absolute Gasteiger partial charge is 0.398 e. The maximum Gasteiger partial charge on any atom is 0.226 e. The third kappa shape index (κ3) is 2.99. The number of nitrogen functional groups attached to an aromatic ring is 1. The van der Waals surface area contributed by atoms with Crippen molar-refractivity contribution in [1.82, 2.24) is 4.90 Å². The molecule has 0 aliphatic heterocycles. The molecule has 2 N–H and O–H groups in total. The van der Waals surface area contributed by atoms with E-state index in [9.17, 15) is 4.79 Å². The van der Waals surface area contributed by atoms with E-state index in [0.717, 1.165) is 18.0 Å². The topological polar surface area (TPSA) is 46.3 Å². The normalized spacial score (nSPS) is 15.4. The second kappa shape index (κ2) is 5.21. The molecule has 1 aliphatic rings. The number of nitrogens with two attached hydrogens (primary N) is 1. The molecule has 1 aliphatic carbocycles. The molecule has 92 valence electrons. The van der Waals surface area contributed by atoms with E-state index in [1.54, 1.807) is 0 Å². The fraction of sp³-hybridized carbons (Fsp3) is 0.500. The quantitative estimate of drug-likeness (QED) is 0.808. The number of carbonyl (C=O) groups is 1. The summed E-state index contributed by atoms with van der Waals surface area (Å²) in [5.74, 6) is 0.881. The molecular formula is C14H20N2O. The molecule has 0 saturated heterocycles. The average Bonchev–Trinajstić information content (AvgIpc) is 2.26. The fourth-order valence-corrected chi connectivity index (χ4v) is 2.16. The molecule has 0 radical (unpaired) electrons. The van der Waals surface area contributed by atoms with Gasteiger partial charge in [-0.15, -0.1) is 0 Å². The molecule has 1 aromatic rings. The van der Waals surface area contributed by atoms with E-state index in [1.165, 1.54) is 19.3 Å². The van der Waals surface area contributed by atoms with Crippen molar-refractivity contribution < 1.29 is 4.79 Å². The molecule has 0 bridgehead atoms. The zero-order chi connectivity index (χ0) is 12.3. The van der Waals surface area contributed by atoms with Crippen LogP contribution in [0.3, 0.4) is 0 Å². The number of benzene rings is 1. The maximum atomic E-state index is 12.0. The van der Waals surface area contributed by atoms with E-state index in [4.69, 9.17) is 5.73 Å². The molecule has 0 atom stereocenters. The van der Waals surface area contributed by atoms with Crippen LogP contribution in [0.4, 0.5) is 5.69 Å². The van der Waals surface area contributed by atoms with Crippen molar-refractivity contribution in [3.63, 3.8) is 0 Å². The summed E-state index contributed by atoms with van der Waals surface area (Å²) in [7, 11) is 1.89. The van der Waals surface area contributed by atoms with Crippen molar-refractivity contribution >= 4 is 11.6 Å². The van der Waals surface area contributed by atoms with Gasteiger partial charge in [0.1, 0.15) is 0 Å². The van der Waals surface area contributed by atoms with Crippen LogP contribution in [0.2, 0.25) is 0 Å². The zero-order valence-electron chi connectivity index (χ0n) is 10.4. The number of nitrogens with zero attached hydrogens (tertiary/aromatic N) is 1. The van der Waals surface area contributed by atoms with Gasteiger partial charge >= 0.3 is 0 Å². The standard InChI is InChI=1S/C14H20N2O/c1-16(10-11-5-4-6-11)14(17)9-12-7-2-3-8-13(12)15/h2-3,7-8,11H,4-6,9-10,15H2,1H3. The van der Waals surface area contributed by atoms with Gasteiger partial charge in [0.2, 0.25) is 5.91 Å². The number of amides is 1. The summed E-state index contributed by atoms with van der Waals surface area (Å²) in [6, 6.07) is 7.57. The van der Waals surface area contributed by atoms with Crippen molar-refractivity contribution in [3.05, 3.63) is 29.8 Å². The number of likely N-dealkylation sites (N-methyl/N-ethyl adjacent to an activating group) is 1. The Morgan fingerprint density at radius 3 is 2.71 bits per heavy atom. The van der Waals surface area contributed by atoms with Gasteiger partial charge in [-0.2, -0.15) is 0 Å². The number of para-hydroxylation sites is 1. The SMILES string of the molecule is CN(CC1CCC1)C(=O)Cc1ccccc1N. The van der Waals surface area contributed by atoms with Crippen LogP contribution in [0.25, 0.3) is 0 Å². The summed E-state index contributed by atoms with van der Waals surface area (Å²) < 4.78 is 0. The van der Waals surface area contributed by atoms with Gasteiger partial charge in [-0.3, -0.25) is 4.79 Å². The lowest BCUT2D eigenvalue weighted by molar-refractivity contribution is -0.130. The molecule has 17 heavy (non-hydrogen) atoms. The third-order valence-corrected chi connectivity index (χ3v) is 3.58. The highest BCUT2D eigenvalue weighted by Crippen LogP contribution is 2.26. The first-order valence-corrected chi connectivity index (χ1v) is 6.24. The minimum Gasteiger partial charge on any atom is -0.398 e. The second-order valence-corrected chi connectivity index (χ2v) is 4.95. The molecule has 0 spiro atoms. The van der Waals surface area contributed by atoms with Gasteiger partial charge in [0.15, 0.2) is 0 Å². The molecule has 3 nitrogen and oxygen atoms in total. The fourth-order valence-electron chi connectivity index (χ4n) is 2.16. The Bertz CT molecular complexity index is 399. The second-order valence-electron chi connectivity index (χ2n) is 4.95. The lowest BCUT2D eigenvalue weighted by atomic mass is 9.85. The highest BCUT2D eigenvalue weighted by molar-refractivity contribution is 5.80. The first-order chi connectivity index (χ1) is 8.16. The van der Waals surface area contributed by atoms with E-state index < -0.39 is 0 Å². The van der Waals surface area contributed by atoms with Crippen LogP contribution in [-0.4, -0.2) is 24.4 Å². The van der Waals surface area contributed by atoms with Gasteiger partial charge < -0.3 is 10.6 Å². The van der Waals surface area contributed by atoms with Crippen molar-refractivity contribution in [1.29, 1.82) is 0 Å². The summed E-state index contributed by atoms with van der Waals surface area (Å²) in [5, 5.41) is 0. The predicted molar refractivity (Wildman–Crippen MR) is 69.5 cm³/mol. The summed E-state index contributed by atoms with van der Waals surface area (Å²) in [5.41, 5.74) is 7.47. The van der Waals surface area contributed by atoms with E-state index in [2.05, 4.69) is 0 Å². The molecule has 0 heterocycles. The van der Waals surface area contributed by atoms with Crippen LogP contribution in [0, 0.1) is 5.92 Å². The number of hydrogen-bond donors (Lipinski definition) is 1. The van der Waals surface area contributed by atoms with Crippen molar-refractivity contribution in [3.8, 4) is 0 Å². The van der Waals surface area contributed by atoms with Crippen LogP contribution < -0.4 is 5.73 Å².